The van der Waals surface area contributed by atoms with Crippen molar-refractivity contribution in [2.24, 2.45) is 0 Å². The summed E-state index contributed by atoms with van der Waals surface area (Å²) in [7, 11) is 0. The second kappa shape index (κ2) is 10.4. The van der Waals surface area contributed by atoms with Crippen molar-refractivity contribution in [1.29, 1.82) is 0 Å². The zero-order chi connectivity index (χ0) is 20.6. The van der Waals surface area contributed by atoms with Crippen molar-refractivity contribution in [1.82, 2.24) is 0 Å². The average molecular weight is 437 g/mol. The Balaban J connectivity index is 1.40. The van der Waals surface area contributed by atoms with Gasteiger partial charge in [0.25, 0.3) is 5.91 Å². The third-order valence-corrected chi connectivity index (χ3v) is 5.01. The molecule has 0 unspecified atom stereocenters. The number of piperidine rings is 1. The van der Waals surface area contributed by atoms with Gasteiger partial charge in [-0.15, -0.1) is 0 Å². The summed E-state index contributed by atoms with van der Waals surface area (Å²) in [5.41, 5.74) is 1.79. The number of esters is 1. The van der Waals surface area contributed by atoms with Crippen LogP contribution in [0.1, 0.15) is 19.3 Å². The van der Waals surface area contributed by atoms with E-state index < -0.39 is 18.5 Å². The van der Waals surface area contributed by atoms with E-state index in [2.05, 4.69) is 10.2 Å². The first-order valence-corrected chi connectivity index (χ1v) is 10.2. The molecule has 29 heavy (non-hydrogen) atoms. The summed E-state index contributed by atoms with van der Waals surface area (Å²) in [5, 5.41) is 3.46. The van der Waals surface area contributed by atoms with Crippen LogP contribution in [-0.2, 0) is 14.3 Å². The van der Waals surface area contributed by atoms with Crippen LogP contribution in [0.25, 0.3) is 0 Å². The average Bonchev–Trinajstić information content (AvgIpc) is 2.73. The number of amides is 1. The summed E-state index contributed by atoms with van der Waals surface area (Å²) < 4.78 is 10.2. The van der Waals surface area contributed by atoms with Crippen LogP contribution in [0.2, 0.25) is 10.0 Å². The number of carbonyl (C=O) groups is 2. The molecule has 0 spiro atoms. The quantitative estimate of drug-likeness (QED) is 0.644. The fourth-order valence-electron chi connectivity index (χ4n) is 3.02. The molecule has 2 aromatic rings. The van der Waals surface area contributed by atoms with Crippen LogP contribution < -0.4 is 15.0 Å². The normalized spacial score (nSPS) is 13.7. The molecule has 0 aliphatic carbocycles. The van der Waals surface area contributed by atoms with E-state index in [1.165, 1.54) is 25.3 Å². The van der Waals surface area contributed by atoms with Crippen LogP contribution in [0.15, 0.2) is 42.5 Å². The van der Waals surface area contributed by atoms with Crippen LogP contribution in [0.3, 0.4) is 0 Å². The van der Waals surface area contributed by atoms with Crippen molar-refractivity contribution < 1.29 is 19.1 Å². The molecule has 3 rings (SSSR count). The van der Waals surface area contributed by atoms with Gasteiger partial charge in [-0.05, 0) is 61.7 Å². The van der Waals surface area contributed by atoms with E-state index in [-0.39, 0.29) is 11.6 Å². The van der Waals surface area contributed by atoms with Gasteiger partial charge in [-0.1, -0.05) is 23.2 Å². The number of nitrogens with one attached hydrogen (secondary N) is 1. The van der Waals surface area contributed by atoms with E-state index >= 15 is 0 Å². The Morgan fingerprint density at radius 2 is 1.69 bits per heavy atom. The second-order valence-electron chi connectivity index (χ2n) is 6.67. The first-order valence-electron chi connectivity index (χ1n) is 9.39. The summed E-state index contributed by atoms with van der Waals surface area (Å²) in [4.78, 5) is 26.1. The van der Waals surface area contributed by atoms with Crippen molar-refractivity contribution in [3.8, 4) is 5.75 Å². The molecule has 1 heterocycles. The monoisotopic (exact) mass is 436 g/mol. The van der Waals surface area contributed by atoms with Gasteiger partial charge in [-0.3, -0.25) is 4.79 Å². The first kappa shape index (κ1) is 21.3. The van der Waals surface area contributed by atoms with Gasteiger partial charge in [0, 0.05) is 29.5 Å². The molecule has 1 fully saturated rings. The smallest absolute Gasteiger partial charge is 0.344 e. The lowest BCUT2D eigenvalue weighted by molar-refractivity contribution is -0.149. The molecule has 154 valence electrons. The number of hydrogen-bond acceptors (Lipinski definition) is 5. The van der Waals surface area contributed by atoms with Crippen molar-refractivity contribution in [3.63, 3.8) is 0 Å². The highest BCUT2D eigenvalue weighted by Crippen LogP contribution is 2.27. The van der Waals surface area contributed by atoms with Crippen LogP contribution in [0.5, 0.6) is 5.75 Å². The molecule has 0 atom stereocenters. The molecule has 1 amide bonds. The van der Waals surface area contributed by atoms with Gasteiger partial charge in [0.1, 0.15) is 5.75 Å². The van der Waals surface area contributed by atoms with Crippen molar-refractivity contribution in [2.45, 2.75) is 19.3 Å². The van der Waals surface area contributed by atoms with Crippen LogP contribution in [0.4, 0.5) is 11.4 Å². The maximum absolute atomic E-state index is 12.0. The van der Waals surface area contributed by atoms with Crippen LogP contribution in [0, 0.1) is 0 Å². The summed E-state index contributed by atoms with van der Waals surface area (Å²) in [6.45, 7) is 1.36. The van der Waals surface area contributed by atoms with Gasteiger partial charge >= 0.3 is 5.97 Å². The lowest BCUT2D eigenvalue weighted by atomic mass is 10.1. The highest BCUT2D eigenvalue weighted by Gasteiger charge is 2.12. The number of rotatable bonds is 7. The minimum Gasteiger partial charge on any atom is -0.480 e. The molecule has 1 N–H and O–H groups in total. The summed E-state index contributed by atoms with van der Waals surface area (Å²) >= 11 is 11.8. The zero-order valence-electron chi connectivity index (χ0n) is 15.8. The van der Waals surface area contributed by atoms with Gasteiger partial charge < -0.3 is 19.7 Å². The molecule has 0 radical (unpaired) electrons. The Morgan fingerprint density at radius 3 is 2.38 bits per heavy atom. The lowest BCUT2D eigenvalue weighted by Gasteiger charge is -2.28. The minimum absolute atomic E-state index is 0.288. The molecular weight excluding hydrogens is 415 g/mol. The Hall–Kier alpha value is -2.44. The highest BCUT2D eigenvalue weighted by molar-refractivity contribution is 6.35. The molecule has 1 aliphatic rings. The number of benzene rings is 2. The van der Waals surface area contributed by atoms with E-state index in [1.807, 2.05) is 24.3 Å². The molecule has 0 saturated carbocycles. The Bertz CT molecular complexity index is 852. The van der Waals surface area contributed by atoms with E-state index in [0.29, 0.717) is 16.5 Å². The van der Waals surface area contributed by atoms with Crippen LogP contribution >= 0.6 is 23.2 Å². The zero-order valence-corrected chi connectivity index (χ0v) is 17.3. The Labute approximate surface area is 179 Å². The standard InChI is InChI=1S/C21H22Cl2N2O4/c22-15-4-9-19(18(23)12-15)28-14-21(27)29-13-20(26)24-16-5-7-17(8-6-16)25-10-2-1-3-11-25/h4-9,12H,1-3,10-11,13-14H2,(H,24,26). The van der Waals surface area contributed by atoms with Gasteiger partial charge in [-0.25, -0.2) is 4.79 Å². The first-order chi connectivity index (χ1) is 14.0. The molecule has 0 aromatic heterocycles. The van der Waals surface area contributed by atoms with E-state index in [4.69, 9.17) is 32.7 Å². The minimum atomic E-state index is -0.674. The number of ether oxygens (including phenoxy) is 2. The van der Waals surface area contributed by atoms with Crippen molar-refractivity contribution in [2.75, 3.05) is 36.5 Å². The van der Waals surface area contributed by atoms with Gasteiger partial charge in [-0.2, -0.15) is 0 Å². The number of hydrogen-bond donors (Lipinski definition) is 1. The number of nitrogens with zero attached hydrogens (tertiary/aromatic N) is 1. The maximum Gasteiger partial charge on any atom is 0.344 e. The summed E-state index contributed by atoms with van der Waals surface area (Å²) in [5.74, 6) is -0.786. The molecule has 6 nitrogen and oxygen atoms in total. The second-order valence-corrected chi connectivity index (χ2v) is 7.51. The largest absolute Gasteiger partial charge is 0.480 e. The van der Waals surface area contributed by atoms with E-state index in [0.717, 1.165) is 18.8 Å². The fraction of sp³-hybridized carbons (Fsp3) is 0.333. The summed E-state index contributed by atoms with van der Waals surface area (Å²) in [6, 6.07) is 12.3. The molecule has 8 heteroatoms. The topological polar surface area (TPSA) is 67.9 Å². The van der Waals surface area contributed by atoms with Gasteiger partial charge in [0.15, 0.2) is 13.2 Å². The van der Waals surface area contributed by atoms with Gasteiger partial charge in [0.05, 0.1) is 5.02 Å². The number of halogens is 2. The van der Waals surface area contributed by atoms with E-state index in [9.17, 15) is 9.59 Å². The molecular formula is C21H22Cl2N2O4. The van der Waals surface area contributed by atoms with Crippen molar-refractivity contribution >= 4 is 46.5 Å². The Morgan fingerprint density at radius 1 is 0.966 bits per heavy atom. The third-order valence-electron chi connectivity index (χ3n) is 4.48. The van der Waals surface area contributed by atoms with Crippen molar-refractivity contribution in [3.05, 3.63) is 52.5 Å². The summed E-state index contributed by atoms with van der Waals surface area (Å²) in [6.07, 6.45) is 3.69. The van der Waals surface area contributed by atoms with Gasteiger partial charge in [0.2, 0.25) is 0 Å². The number of carbonyl (C=O) groups excluding carboxylic acids is 2. The molecule has 2 aromatic carbocycles. The maximum atomic E-state index is 12.0. The fourth-order valence-corrected chi connectivity index (χ4v) is 3.48. The predicted octanol–water partition coefficient (Wildman–Crippen LogP) is 4.54. The van der Waals surface area contributed by atoms with E-state index in [1.54, 1.807) is 12.1 Å². The number of anilines is 2. The molecule has 0 bridgehead atoms. The predicted molar refractivity (Wildman–Crippen MR) is 114 cm³/mol. The van der Waals surface area contributed by atoms with Crippen LogP contribution in [-0.4, -0.2) is 38.2 Å². The SMILES string of the molecule is O=C(COC(=O)COc1ccc(Cl)cc1Cl)Nc1ccc(N2CCCCC2)cc1. The third kappa shape index (κ3) is 6.54. The highest BCUT2D eigenvalue weighted by atomic mass is 35.5. The lowest BCUT2D eigenvalue weighted by Crippen LogP contribution is -2.29. The molecule has 1 aliphatic heterocycles. The Kier molecular flexibility index (Phi) is 7.61. The molecule has 1 saturated heterocycles.